The molecule has 0 aliphatic heterocycles. The Morgan fingerprint density at radius 3 is 2.90 bits per heavy atom. The van der Waals surface area contributed by atoms with Crippen molar-refractivity contribution in [1.82, 2.24) is 25.1 Å². The van der Waals surface area contributed by atoms with E-state index in [0.29, 0.717) is 16.5 Å². The van der Waals surface area contributed by atoms with Crippen LogP contribution in [0.25, 0.3) is 5.69 Å². The number of tetrazole rings is 1. The fourth-order valence-electron chi connectivity index (χ4n) is 3.88. The molecule has 0 bridgehead atoms. The van der Waals surface area contributed by atoms with Gasteiger partial charge in [-0.2, -0.15) is 4.68 Å². The highest BCUT2D eigenvalue weighted by molar-refractivity contribution is 7.99. The van der Waals surface area contributed by atoms with Gasteiger partial charge in [0.05, 0.1) is 17.5 Å². The Morgan fingerprint density at radius 2 is 2.06 bits per heavy atom. The van der Waals surface area contributed by atoms with Gasteiger partial charge in [0.15, 0.2) is 0 Å². The molecule has 0 radical (unpaired) electrons. The number of hydrogen-bond acceptors (Lipinski definition) is 6. The number of aromatic nitrogens is 4. The molecule has 1 aromatic heterocycles. The summed E-state index contributed by atoms with van der Waals surface area (Å²) in [5.74, 6) is 0.121. The third-order valence-electron chi connectivity index (χ3n) is 5.38. The van der Waals surface area contributed by atoms with Gasteiger partial charge in [-0.25, -0.2) is 0 Å². The molecule has 1 atom stereocenters. The molecule has 0 saturated heterocycles. The van der Waals surface area contributed by atoms with Gasteiger partial charge in [0.1, 0.15) is 0 Å². The van der Waals surface area contributed by atoms with Crippen molar-refractivity contribution < 1.29 is 9.59 Å². The monoisotopic (exact) mass is 436 g/mol. The van der Waals surface area contributed by atoms with Crippen LogP contribution in [-0.4, -0.2) is 49.7 Å². The fourth-order valence-corrected chi connectivity index (χ4v) is 4.70. The highest BCUT2D eigenvalue weighted by Gasteiger charge is 2.26. The lowest BCUT2D eigenvalue weighted by molar-refractivity contribution is -0.129. The van der Waals surface area contributed by atoms with E-state index >= 15 is 0 Å². The molecule has 1 aliphatic carbocycles. The Balaban J connectivity index is 1.45. The summed E-state index contributed by atoms with van der Waals surface area (Å²) in [5.41, 5.74) is 3.94. The summed E-state index contributed by atoms with van der Waals surface area (Å²) in [6, 6.07) is 15.7. The third-order valence-corrected chi connectivity index (χ3v) is 6.28. The quantitative estimate of drug-likeness (QED) is 0.596. The minimum atomic E-state index is -0.151. The smallest absolute Gasteiger partial charge is 0.233 e. The normalized spacial score (nSPS) is 15.2. The minimum absolute atomic E-state index is 0.0354. The van der Waals surface area contributed by atoms with Crippen molar-refractivity contribution in [3.05, 3.63) is 59.7 Å². The number of carbonyl (C=O) groups is 2. The largest absolute Gasteiger partial charge is 0.338 e. The first-order chi connectivity index (χ1) is 15.0. The standard InChI is InChI=1S/C22H24N6O2S/c1-15(29)23-17-9-6-10-18(13-17)28-22(24-25-26-28)31-14-21(30)27(2)20-12-5-8-16-7-3-4-11-19(16)20/h3-4,6-7,9-11,13,20H,5,8,12,14H2,1-2H3,(H,23,29). The number of carbonyl (C=O) groups excluding carboxylic acids is 2. The molecule has 8 nitrogen and oxygen atoms in total. The van der Waals surface area contributed by atoms with Crippen molar-refractivity contribution in [3.8, 4) is 5.69 Å². The van der Waals surface area contributed by atoms with E-state index in [-0.39, 0.29) is 23.6 Å². The van der Waals surface area contributed by atoms with Crippen LogP contribution < -0.4 is 5.32 Å². The number of hydrogen-bond donors (Lipinski definition) is 1. The molecule has 2 aromatic carbocycles. The van der Waals surface area contributed by atoms with Crippen molar-refractivity contribution in [1.29, 1.82) is 0 Å². The van der Waals surface area contributed by atoms with Gasteiger partial charge >= 0.3 is 0 Å². The molecular formula is C22H24N6O2S. The van der Waals surface area contributed by atoms with E-state index in [0.717, 1.165) is 19.3 Å². The van der Waals surface area contributed by atoms with Gasteiger partial charge in [-0.1, -0.05) is 42.1 Å². The van der Waals surface area contributed by atoms with Crippen LogP contribution in [0.3, 0.4) is 0 Å². The van der Waals surface area contributed by atoms with E-state index in [1.807, 2.05) is 30.1 Å². The molecule has 160 valence electrons. The maximum atomic E-state index is 13.0. The van der Waals surface area contributed by atoms with Crippen LogP contribution in [0, 0.1) is 0 Å². The molecule has 1 N–H and O–H groups in total. The molecule has 0 fully saturated rings. The van der Waals surface area contributed by atoms with Gasteiger partial charge in [0.2, 0.25) is 17.0 Å². The summed E-state index contributed by atoms with van der Waals surface area (Å²) < 4.78 is 1.57. The van der Waals surface area contributed by atoms with Crippen molar-refractivity contribution in [2.45, 2.75) is 37.4 Å². The Hall–Kier alpha value is -3.20. The topological polar surface area (TPSA) is 93.0 Å². The number of anilines is 1. The van der Waals surface area contributed by atoms with Crippen molar-refractivity contribution >= 4 is 29.3 Å². The lowest BCUT2D eigenvalue weighted by atomic mass is 9.87. The number of amides is 2. The molecule has 1 aliphatic rings. The number of rotatable bonds is 6. The van der Waals surface area contributed by atoms with Crippen LogP contribution >= 0.6 is 11.8 Å². The van der Waals surface area contributed by atoms with E-state index < -0.39 is 0 Å². The van der Waals surface area contributed by atoms with E-state index in [4.69, 9.17) is 0 Å². The molecule has 9 heteroatoms. The van der Waals surface area contributed by atoms with Crippen LogP contribution in [0.5, 0.6) is 0 Å². The number of nitrogens with zero attached hydrogens (tertiary/aromatic N) is 5. The average Bonchev–Trinajstić information content (AvgIpc) is 3.25. The van der Waals surface area contributed by atoms with E-state index in [9.17, 15) is 9.59 Å². The second-order valence-electron chi connectivity index (χ2n) is 7.50. The zero-order valence-corrected chi connectivity index (χ0v) is 18.3. The number of aryl methyl sites for hydroxylation is 1. The molecule has 4 rings (SSSR count). The molecule has 3 aromatic rings. The molecular weight excluding hydrogens is 412 g/mol. The van der Waals surface area contributed by atoms with Crippen LogP contribution in [0.2, 0.25) is 0 Å². The molecule has 1 unspecified atom stereocenters. The SMILES string of the molecule is CC(=O)Nc1cccc(-n2nnnc2SCC(=O)N(C)C2CCCc3ccccc32)c1. The van der Waals surface area contributed by atoms with Gasteiger partial charge in [0.25, 0.3) is 0 Å². The summed E-state index contributed by atoms with van der Waals surface area (Å²) in [4.78, 5) is 26.1. The summed E-state index contributed by atoms with van der Waals surface area (Å²) in [6.45, 7) is 1.46. The Kier molecular flexibility index (Phi) is 6.31. The van der Waals surface area contributed by atoms with Gasteiger partial charge in [-0.3, -0.25) is 9.59 Å². The lowest BCUT2D eigenvalue weighted by Crippen LogP contribution is -2.34. The first kappa shape index (κ1) is 21.0. The summed E-state index contributed by atoms with van der Waals surface area (Å²) >= 11 is 1.30. The second kappa shape index (κ2) is 9.30. The van der Waals surface area contributed by atoms with Crippen LogP contribution in [-0.2, 0) is 16.0 Å². The number of benzene rings is 2. The summed E-state index contributed by atoms with van der Waals surface area (Å²) in [5, 5.41) is 15.1. The molecule has 2 amide bonds. The first-order valence-electron chi connectivity index (χ1n) is 10.2. The molecule has 1 heterocycles. The lowest BCUT2D eigenvalue weighted by Gasteiger charge is -2.33. The maximum Gasteiger partial charge on any atom is 0.233 e. The fraction of sp³-hybridized carbons (Fsp3) is 0.318. The highest BCUT2D eigenvalue weighted by Crippen LogP contribution is 2.34. The van der Waals surface area contributed by atoms with Crippen LogP contribution in [0.15, 0.2) is 53.7 Å². The average molecular weight is 437 g/mol. The van der Waals surface area contributed by atoms with Gasteiger partial charge in [-0.05, 0) is 59.0 Å². The predicted molar refractivity (Wildman–Crippen MR) is 119 cm³/mol. The maximum absolute atomic E-state index is 13.0. The molecule has 0 spiro atoms. The zero-order chi connectivity index (χ0) is 21.8. The Bertz CT molecular complexity index is 1100. The molecule has 0 saturated carbocycles. The van der Waals surface area contributed by atoms with Gasteiger partial charge in [0, 0.05) is 19.7 Å². The Morgan fingerprint density at radius 1 is 1.23 bits per heavy atom. The van der Waals surface area contributed by atoms with Crippen molar-refractivity contribution in [3.63, 3.8) is 0 Å². The van der Waals surface area contributed by atoms with Crippen molar-refractivity contribution in [2.24, 2.45) is 0 Å². The highest BCUT2D eigenvalue weighted by atomic mass is 32.2. The Labute approximate surface area is 185 Å². The van der Waals surface area contributed by atoms with Crippen molar-refractivity contribution in [2.75, 3.05) is 18.1 Å². The van der Waals surface area contributed by atoms with E-state index in [1.165, 1.54) is 29.8 Å². The first-order valence-corrected chi connectivity index (χ1v) is 11.1. The summed E-state index contributed by atoms with van der Waals surface area (Å²) in [6.07, 6.45) is 3.11. The number of nitrogens with one attached hydrogen (secondary N) is 1. The van der Waals surface area contributed by atoms with E-state index in [1.54, 1.807) is 16.8 Å². The van der Waals surface area contributed by atoms with Crippen LogP contribution in [0.1, 0.15) is 36.9 Å². The van der Waals surface area contributed by atoms with Gasteiger partial charge in [-0.15, -0.1) is 5.10 Å². The van der Waals surface area contributed by atoms with Crippen LogP contribution in [0.4, 0.5) is 5.69 Å². The molecule has 31 heavy (non-hydrogen) atoms. The second-order valence-corrected chi connectivity index (χ2v) is 8.45. The third kappa shape index (κ3) is 4.77. The van der Waals surface area contributed by atoms with E-state index in [2.05, 4.69) is 39.0 Å². The van der Waals surface area contributed by atoms with Gasteiger partial charge < -0.3 is 10.2 Å². The number of fused-ring (bicyclic) bond motifs is 1. The zero-order valence-electron chi connectivity index (χ0n) is 17.5. The number of thioether (sulfide) groups is 1. The minimum Gasteiger partial charge on any atom is -0.338 e. The summed E-state index contributed by atoms with van der Waals surface area (Å²) in [7, 11) is 1.87. The predicted octanol–water partition coefficient (Wildman–Crippen LogP) is 3.25.